The average molecular weight is 294 g/mol. The van der Waals surface area contributed by atoms with Crippen molar-refractivity contribution in [3.05, 3.63) is 41.2 Å². The number of ether oxygens (including phenoxy) is 1. The van der Waals surface area contributed by atoms with Crippen molar-refractivity contribution in [1.29, 1.82) is 0 Å². The number of aryl methyl sites for hydroxylation is 1. The van der Waals surface area contributed by atoms with E-state index in [0.717, 1.165) is 21.9 Å². The second-order valence-corrected chi connectivity index (χ2v) is 5.33. The number of hydrogen-bond acceptors (Lipinski definition) is 6. The molecule has 0 aliphatic carbocycles. The summed E-state index contributed by atoms with van der Waals surface area (Å²) in [4.78, 5) is 12.5. The molecule has 0 spiro atoms. The average Bonchev–Trinajstić information content (AvgIpc) is 2.46. The van der Waals surface area contributed by atoms with Crippen LogP contribution in [0.2, 0.25) is 0 Å². The molecule has 0 atom stereocenters. The number of nitrogens with zero attached hydrogens (tertiary/aromatic N) is 3. The van der Waals surface area contributed by atoms with Crippen LogP contribution in [0.15, 0.2) is 24.3 Å². The third-order valence-electron chi connectivity index (χ3n) is 3.81. The van der Waals surface area contributed by atoms with E-state index >= 15 is 0 Å². The number of nitrogens with two attached hydrogens (primary N) is 1. The molecule has 3 N–H and O–H groups in total. The fourth-order valence-corrected chi connectivity index (χ4v) is 2.99. The van der Waals surface area contributed by atoms with E-state index in [9.17, 15) is 5.11 Å². The van der Waals surface area contributed by atoms with Crippen molar-refractivity contribution in [3.63, 3.8) is 0 Å². The summed E-state index contributed by atoms with van der Waals surface area (Å²) in [5.41, 5.74) is 8.37. The van der Waals surface area contributed by atoms with Crippen LogP contribution < -0.4 is 5.73 Å². The number of benzene rings is 2. The molecular weight excluding hydrogens is 280 g/mol. The van der Waals surface area contributed by atoms with Gasteiger partial charge in [-0.05, 0) is 34.9 Å². The lowest BCUT2D eigenvalue weighted by molar-refractivity contribution is 0.103. The standard InChI is InChI=1S/C16H14N4O2/c1-8-18-15(20-16(17)19-8)14-11-4-2-3-9-6-22-7-10(13(9)11)5-12(14)21/h2-5,21H,6-7H2,1H3,(H2,17,18,19,20). The molecule has 0 saturated heterocycles. The van der Waals surface area contributed by atoms with Crippen molar-refractivity contribution in [3.8, 4) is 17.1 Å². The topological polar surface area (TPSA) is 94.2 Å². The number of hydrogen-bond donors (Lipinski definition) is 2. The van der Waals surface area contributed by atoms with E-state index in [-0.39, 0.29) is 11.7 Å². The first-order valence-electron chi connectivity index (χ1n) is 6.96. The molecule has 0 unspecified atom stereocenters. The van der Waals surface area contributed by atoms with Gasteiger partial charge in [-0.2, -0.15) is 9.97 Å². The third kappa shape index (κ3) is 1.88. The maximum Gasteiger partial charge on any atom is 0.223 e. The molecule has 0 saturated carbocycles. The summed E-state index contributed by atoms with van der Waals surface area (Å²) in [7, 11) is 0. The summed E-state index contributed by atoms with van der Waals surface area (Å²) in [5.74, 6) is 1.17. The van der Waals surface area contributed by atoms with E-state index in [1.165, 1.54) is 0 Å². The predicted octanol–water partition coefficient (Wildman–Crippen LogP) is 2.32. The van der Waals surface area contributed by atoms with Gasteiger partial charge in [0.1, 0.15) is 11.6 Å². The van der Waals surface area contributed by atoms with Gasteiger partial charge in [0, 0.05) is 0 Å². The van der Waals surface area contributed by atoms with Crippen molar-refractivity contribution < 1.29 is 9.84 Å². The summed E-state index contributed by atoms with van der Waals surface area (Å²) >= 11 is 0. The van der Waals surface area contributed by atoms with Crippen molar-refractivity contribution in [2.24, 2.45) is 0 Å². The SMILES string of the molecule is Cc1nc(N)nc(-c2c(O)cc3c4c(cccc24)COC3)n1. The molecule has 1 aliphatic rings. The molecule has 2 heterocycles. The summed E-state index contributed by atoms with van der Waals surface area (Å²) < 4.78 is 5.55. The Hall–Kier alpha value is -2.73. The quantitative estimate of drug-likeness (QED) is 0.715. The fraction of sp³-hybridized carbons (Fsp3) is 0.188. The second-order valence-electron chi connectivity index (χ2n) is 5.33. The lowest BCUT2D eigenvalue weighted by Crippen LogP contribution is -2.06. The van der Waals surface area contributed by atoms with Crippen LogP contribution in [-0.4, -0.2) is 20.1 Å². The Balaban J connectivity index is 2.11. The van der Waals surface area contributed by atoms with E-state index in [2.05, 4.69) is 15.0 Å². The zero-order valence-corrected chi connectivity index (χ0v) is 12.0. The molecule has 1 aromatic heterocycles. The van der Waals surface area contributed by atoms with Crippen LogP contribution in [0.3, 0.4) is 0 Å². The normalized spacial score (nSPS) is 13.5. The molecule has 6 heteroatoms. The molecule has 4 rings (SSSR count). The van der Waals surface area contributed by atoms with Crippen molar-refractivity contribution in [1.82, 2.24) is 15.0 Å². The maximum absolute atomic E-state index is 10.5. The molecular formula is C16H14N4O2. The van der Waals surface area contributed by atoms with E-state index in [1.54, 1.807) is 13.0 Å². The highest BCUT2D eigenvalue weighted by atomic mass is 16.5. The maximum atomic E-state index is 10.5. The minimum absolute atomic E-state index is 0.121. The molecule has 1 aliphatic heterocycles. The largest absolute Gasteiger partial charge is 0.507 e. The van der Waals surface area contributed by atoms with Crippen LogP contribution >= 0.6 is 0 Å². The number of anilines is 1. The minimum atomic E-state index is 0.121. The Morgan fingerprint density at radius 2 is 1.95 bits per heavy atom. The Bertz CT molecular complexity index is 888. The number of aromatic nitrogens is 3. The van der Waals surface area contributed by atoms with Gasteiger partial charge in [-0.3, -0.25) is 0 Å². The fourth-order valence-electron chi connectivity index (χ4n) is 2.99. The Morgan fingerprint density at radius 3 is 2.77 bits per heavy atom. The van der Waals surface area contributed by atoms with Gasteiger partial charge >= 0.3 is 0 Å². The van der Waals surface area contributed by atoms with Gasteiger partial charge in [-0.1, -0.05) is 18.2 Å². The molecule has 22 heavy (non-hydrogen) atoms. The number of nitrogen functional groups attached to an aromatic ring is 1. The number of rotatable bonds is 1. The summed E-state index contributed by atoms with van der Waals surface area (Å²) in [6.45, 7) is 2.80. The molecule has 6 nitrogen and oxygen atoms in total. The molecule has 0 fully saturated rings. The lowest BCUT2D eigenvalue weighted by Gasteiger charge is -2.20. The highest BCUT2D eigenvalue weighted by molar-refractivity contribution is 6.02. The van der Waals surface area contributed by atoms with Crippen molar-refractivity contribution >= 4 is 16.7 Å². The van der Waals surface area contributed by atoms with E-state index in [4.69, 9.17) is 10.5 Å². The van der Waals surface area contributed by atoms with E-state index in [1.807, 2.05) is 18.2 Å². The van der Waals surface area contributed by atoms with E-state index in [0.29, 0.717) is 30.4 Å². The first-order chi connectivity index (χ1) is 10.6. The van der Waals surface area contributed by atoms with Gasteiger partial charge in [0.25, 0.3) is 0 Å². The predicted molar refractivity (Wildman–Crippen MR) is 82.1 cm³/mol. The van der Waals surface area contributed by atoms with E-state index < -0.39 is 0 Å². The van der Waals surface area contributed by atoms with Crippen molar-refractivity contribution in [2.75, 3.05) is 5.73 Å². The van der Waals surface area contributed by atoms with Gasteiger partial charge < -0.3 is 15.6 Å². The number of phenols is 1. The Morgan fingerprint density at radius 1 is 1.14 bits per heavy atom. The van der Waals surface area contributed by atoms with Gasteiger partial charge in [-0.15, -0.1) is 0 Å². The molecule has 110 valence electrons. The summed E-state index contributed by atoms with van der Waals surface area (Å²) in [6.07, 6.45) is 0. The lowest BCUT2D eigenvalue weighted by atomic mass is 9.93. The van der Waals surface area contributed by atoms with Crippen molar-refractivity contribution in [2.45, 2.75) is 20.1 Å². The molecule has 0 amide bonds. The number of aromatic hydroxyl groups is 1. The van der Waals surface area contributed by atoms with Crippen LogP contribution in [-0.2, 0) is 18.0 Å². The van der Waals surface area contributed by atoms with Crippen LogP contribution in [0.25, 0.3) is 22.2 Å². The first-order valence-corrected chi connectivity index (χ1v) is 6.96. The molecule has 0 bridgehead atoms. The van der Waals surface area contributed by atoms with Gasteiger partial charge in [-0.25, -0.2) is 4.98 Å². The highest BCUT2D eigenvalue weighted by Gasteiger charge is 2.20. The summed E-state index contributed by atoms with van der Waals surface area (Å²) in [6, 6.07) is 7.64. The van der Waals surface area contributed by atoms with Gasteiger partial charge in [0.2, 0.25) is 5.95 Å². The minimum Gasteiger partial charge on any atom is -0.507 e. The van der Waals surface area contributed by atoms with Crippen LogP contribution in [0, 0.1) is 6.92 Å². The van der Waals surface area contributed by atoms with Gasteiger partial charge in [0.05, 0.1) is 18.8 Å². The number of phenolic OH excluding ortho intramolecular Hbond substituents is 1. The monoisotopic (exact) mass is 294 g/mol. The summed E-state index contributed by atoms with van der Waals surface area (Å²) in [5, 5.41) is 12.5. The smallest absolute Gasteiger partial charge is 0.223 e. The molecule has 0 radical (unpaired) electrons. The molecule has 3 aromatic rings. The zero-order chi connectivity index (χ0) is 15.3. The first kappa shape index (κ1) is 13.0. The van der Waals surface area contributed by atoms with Crippen LogP contribution in [0.4, 0.5) is 5.95 Å². The highest BCUT2D eigenvalue weighted by Crippen LogP contribution is 2.40. The third-order valence-corrected chi connectivity index (χ3v) is 3.81. The Kier molecular flexibility index (Phi) is 2.74. The van der Waals surface area contributed by atoms with Crippen LogP contribution in [0.5, 0.6) is 5.75 Å². The van der Waals surface area contributed by atoms with Crippen LogP contribution in [0.1, 0.15) is 17.0 Å². The van der Waals surface area contributed by atoms with Gasteiger partial charge in [0.15, 0.2) is 5.82 Å². The Labute approximate surface area is 126 Å². The molecule has 2 aromatic carbocycles. The second kappa shape index (κ2) is 4.64. The zero-order valence-electron chi connectivity index (χ0n) is 12.0.